The summed E-state index contributed by atoms with van der Waals surface area (Å²) < 4.78 is 0. The molecule has 0 fully saturated rings. The van der Waals surface area contributed by atoms with Gasteiger partial charge in [0.25, 0.3) is 0 Å². The molecule has 1 heterocycles. The van der Waals surface area contributed by atoms with E-state index in [1.54, 1.807) is 18.2 Å². The quantitative estimate of drug-likeness (QED) is 0.526. The molecule has 0 aliphatic carbocycles. The Hall–Kier alpha value is -3.12. The van der Waals surface area contributed by atoms with Crippen LogP contribution in [0.5, 0.6) is 5.75 Å². The zero-order valence-electron chi connectivity index (χ0n) is 15.7. The zero-order valence-corrected chi connectivity index (χ0v) is 15.7. The number of aromatic nitrogens is 2. The summed E-state index contributed by atoms with van der Waals surface area (Å²) in [5.41, 5.74) is 2.63. The molecule has 0 radical (unpaired) electrons. The number of nitrogens with zero attached hydrogens (tertiary/aromatic N) is 3. The van der Waals surface area contributed by atoms with Crippen LogP contribution in [0.25, 0.3) is 11.3 Å². The topological polar surface area (TPSA) is 73.3 Å². The molecular weight excluding hydrogens is 338 g/mol. The number of aromatic hydroxyl groups is 1. The largest absolute Gasteiger partial charge is 0.508 e. The van der Waals surface area contributed by atoms with E-state index in [0.29, 0.717) is 11.8 Å². The molecule has 3 aromatic rings. The van der Waals surface area contributed by atoms with Crippen molar-refractivity contribution in [2.45, 2.75) is 6.42 Å². The van der Waals surface area contributed by atoms with Crippen molar-refractivity contribution in [3.8, 4) is 17.0 Å². The number of nitrogens with one attached hydrogen (secondary N) is 2. The van der Waals surface area contributed by atoms with E-state index < -0.39 is 0 Å². The zero-order chi connectivity index (χ0) is 19.1. The Bertz CT molecular complexity index is 867. The summed E-state index contributed by atoms with van der Waals surface area (Å²) in [6, 6.07) is 18.9. The van der Waals surface area contributed by atoms with Crippen molar-refractivity contribution in [2.75, 3.05) is 37.8 Å². The molecule has 3 N–H and O–H groups in total. The molecule has 27 heavy (non-hydrogen) atoms. The molecular formula is C21H25N5O. The second kappa shape index (κ2) is 9.00. The Kier molecular flexibility index (Phi) is 6.22. The van der Waals surface area contributed by atoms with E-state index in [0.717, 1.165) is 36.5 Å². The number of hydrogen-bond acceptors (Lipinski definition) is 6. The number of benzene rings is 2. The van der Waals surface area contributed by atoms with Gasteiger partial charge in [-0.05, 0) is 39.2 Å². The van der Waals surface area contributed by atoms with E-state index in [9.17, 15) is 5.11 Å². The molecule has 0 atom stereocenters. The normalized spacial score (nSPS) is 10.8. The number of phenolic OH excluding ortho intramolecular Hbond substituents is 1. The third kappa shape index (κ3) is 5.69. The molecule has 0 amide bonds. The molecule has 0 unspecified atom stereocenters. The van der Waals surface area contributed by atoms with Crippen LogP contribution in [0.15, 0.2) is 60.7 Å². The fraction of sp³-hybridized carbons (Fsp3) is 0.238. The number of rotatable bonds is 8. The highest BCUT2D eigenvalue weighted by molar-refractivity contribution is 5.67. The van der Waals surface area contributed by atoms with Crippen molar-refractivity contribution in [3.05, 3.63) is 60.7 Å². The summed E-state index contributed by atoms with van der Waals surface area (Å²) in [5, 5.41) is 16.2. The van der Waals surface area contributed by atoms with Crippen molar-refractivity contribution >= 4 is 17.5 Å². The predicted octanol–water partition coefficient (Wildman–Crippen LogP) is 3.96. The first-order chi connectivity index (χ1) is 13.1. The van der Waals surface area contributed by atoms with E-state index in [1.165, 1.54) is 0 Å². The summed E-state index contributed by atoms with van der Waals surface area (Å²) in [6.07, 6.45) is 1.00. The molecule has 1 aromatic heterocycles. The van der Waals surface area contributed by atoms with Crippen LogP contribution in [0.4, 0.5) is 17.5 Å². The highest BCUT2D eigenvalue weighted by Crippen LogP contribution is 2.24. The third-order valence-corrected chi connectivity index (χ3v) is 3.98. The first-order valence-electron chi connectivity index (χ1n) is 8.99. The van der Waals surface area contributed by atoms with Gasteiger partial charge in [-0.1, -0.05) is 36.4 Å². The lowest BCUT2D eigenvalue weighted by atomic mass is 10.1. The molecule has 2 aromatic carbocycles. The van der Waals surface area contributed by atoms with E-state index in [4.69, 9.17) is 0 Å². The predicted molar refractivity (Wildman–Crippen MR) is 111 cm³/mol. The minimum atomic E-state index is 0.208. The lowest BCUT2D eigenvalue weighted by Crippen LogP contribution is -2.17. The number of hydrogen-bond donors (Lipinski definition) is 3. The summed E-state index contributed by atoms with van der Waals surface area (Å²) in [4.78, 5) is 11.4. The molecule has 140 valence electrons. The Labute approximate surface area is 159 Å². The van der Waals surface area contributed by atoms with E-state index >= 15 is 0 Å². The highest BCUT2D eigenvalue weighted by Gasteiger charge is 2.07. The van der Waals surface area contributed by atoms with Gasteiger partial charge in [0, 0.05) is 29.9 Å². The van der Waals surface area contributed by atoms with Crippen LogP contribution in [0, 0.1) is 0 Å². The molecule has 6 heteroatoms. The maximum Gasteiger partial charge on any atom is 0.225 e. The standard InChI is InChI=1S/C21H25N5O/c1-26(2)13-7-12-22-21-24-19(16-8-4-3-5-9-16)15-20(25-21)23-17-10-6-11-18(27)14-17/h3-6,8-11,14-15,27H,7,12-13H2,1-2H3,(H2,22,23,24,25). The fourth-order valence-corrected chi connectivity index (χ4v) is 2.67. The first-order valence-corrected chi connectivity index (χ1v) is 8.99. The average Bonchev–Trinajstić information content (AvgIpc) is 2.66. The van der Waals surface area contributed by atoms with Gasteiger partial charge in [-0.2, -0.15) is 4.98 Å². The van der Waals surface area contributed by atoms with Gasteiger partial charge in [0.05, 0.1) is 5.69 Å². The summed E-state index contributed by atoms with van der Waals surface area (Å²) in [7, 11) is 4.12. The molecule has 0 bridgehead atoms. The lowest BCUT2D eigenvalue weighted by Gasteiger charge is -2.13. The summed E-state index contributed by atoms with van der Waals surface area (Å²) in [5.74, 6) is 1.46. The minimum absolute atomic E-state index is 0.208. The Morgan fingerprint density at radius 2 is 1.78 bits per heavy atom. The van der Waals surface area contributed by atoms with Gasteiger partial charge in [-0.3, -0.25) is 0 Å². The van der Waals surface area contributed by atoms with Crippen LogP contribution in [-0.4, -0.2) is 47.2 Å². The van der Waals surface area contributed by atoms with Crippen molar-refractivity contribution in [1.29, 1.82) is 0 Å². The van der Waals surface area contributed by atoms with E-state index in [1.807, 2.05) is 42.5 Å². The fourth-order valence-electron chi connectivity index (χ4n) is 2.67. The average molecular weight is 363 g/mol. The summed E-state index contributed by atoms with van der Waals surface area (Å²) in [6.45, 7) is 1.79. The second-order valence-corrected chi connectivity index (χ2v) is 6.59. The third-order valence-electron chi connectivity index (χ3n) is 3.98. The lowest BCUT2D eigenvalue weighted by molar-refractivity contribution is 0.405. The van der Waals surface area contributed by atoms with Gasteiger partial charge >= 0.3 is 0 Å². The van der Waals surface area contributed by atoms with Crippen LogP contribution < -0.4 is 10.6 Å². The Balaban J connectivity index is 1.83. The van der Waals surface area contributed by atoms with Crippen molar-refractivity contribution < 1.29 is 5.11 Å². The van der Waals surface area contributed by atoms with Crippen molar-refractivity contribution in [2.24, 2.45) is 0 Å². The molecule has 6 nitrogen and oxygen atoms in total. The maximum atomic E-state index is 9.68. The summed E-state index contributed by atoms with van der Waals surface area (Å²) >= 11 is 0. The first kappa shape index (κ1) is 18.7. The van der Waals surface area contributed by atoms with Gasteiger partial charge in [0.15, 0.2) is 0 Å². The van der Waals surface area contributed by atoms with Crippen LogP contribution in [0.3, 0.4) is 0 Å². The molecule has 0 spiro atoms. The van der Waals surface area contributed by atoms with Crippen LogP contribution in [0.1, 0.15) is 6.42 Å². The van der Waals surface area contributed by atoms with Crippen molar-refractivity contribution in [3.63, 3.8) is 0 Å². The molecule has 0 saturated carbocycles. The Morgan fingerprint density at radius 3 is 2.52 bits per heavy atom. The monoisotopic (exact) mass is 363 g/mol. The van der Waals surface area contributed by atoms with Crippen LogP contribution in [-0.2, 0) is 0 Å². The molecule has 0 aliphatic heterocycles. The maximum absolute atomic E-state index is 9.68. The van der Waals surface area contributed by atoms with Gasteiger partial charge in [0.1, 0.15) is 11.6 Å². The van der Waals surface area contributed by atoms with E-state index in [-0.39, 0.29) is 5.75 Å². The van der Waals surface area contributed by atoms with Crippen LogP contribution in [0.2, 0.25) is 0 Å². The van der Waals surface area contributed by atoms with E-state index in [2.05, 4.69) is 39.6 Å². The van der Waals surface area contributed by atoms with Crippen molar-refractivity contribution in [1.82, 2.24) is 14.9 Å². The molecule has 3 rings (SSSR count). The SMILES string of the molecule is CN(C)CCCNc1nc(Nc2cccc(O)c2)cc(-c2ccccc2)n1. The number of anilines is 3. The van der Waals surface area contributed by atoms with Crippen LogP contribution >= 0.6 is 0 Å². The minimum Gasteiger partial charge on any atom is -0.508 e. The molecule has 0 saturated heterocycles. The van der Waals surface area contributed by atoms with Gasteiger partial charge in [-0.15, -0.1) is 0 Å². The van der Waals surface area contributed by atoms with Gasteiger partial charge in [-0.25, -0.2) is 4.98 Å². The highest BCUT2D eigenvalue weighted by atomic mass is 16.3. The second-order valence-electron chi connectivity index (χ2n) is 6.59. The smallest absolute Gasteiger partial charge is 0.225 e. The number of phenols is 1. The Morgan fingerprint density at radius 1 is 0.963 bits per heavy atom. The van der Waals surface area contributed by atoms with Gasteiger partial charge < -0.3 is 20.6 Å². The molecule has 0 aliphatic rings. The van der Waals surface area contributed by atoms with Gasteiger partial charge in [0.2, 0.25) is 5.95 Å².